The zero-order chi connectivity index (χ0) is 17.3. The van der Waals surface area contributed by atoms with Gasteiger partial charge in [-0.1, -0.05) is 23.8 Å². The van der Waals surface area contributed by atoms with Crippen LogP contribution in [0.15, 0.2) is 42.6 Å². The molecule has 122 valence electrons. The maximum Gasteiger partial charge on any atom is 0.288 e. The first-order valence-electron chi connectivity index (χ1n) is 7.59. The minimum Gasteiger partial charge on any atom is -0.295 e. The van der Waals surface area contributed by atoms with Gasteiger partial charge >= 0.3 is 0 Å². The number of benzene rings is 1. The third kappa shape index (κ3) is 2.86. The summed E-state index contributed by atoms with van der Waals surface area (Å²) in [6.07, 6.45) is 1.76. The lowest BCUT2D eigenvalue weighted by molar-refractivity contribution is 0.0842. The molecule has 0 saturated carbocycles. The van der Waals surface area contributed by atoms with Gasteiger partial charge in [0.1, 0.15) is 11.3 Å². The van der Waals surface area contributed by atoms with E-state index in [-0.39, 0.29) is 5.91 Å². The number of amides is 2. The standard InChI is InChI=1S/C18H18N4O2/c1-11-7-8-14(12(2)10-11)17(23)20-21-18(24)16-13(3)19-15-6-4-5-9-22(15)16/h4-10H,1-3H3,(H,20,23)(H,21,24). The minimum atomic E-state index is -0.413. The van der Waals surface area contributed by atoms with Crippen molar-refractivity contribution in [2.75, 3.05) is 0 Å². The summed E-state index contributed by atoms with van der Waals surface area (Å²) in [5.41, 5.74) is 9.05. The van der Waals surface area contributed by atoms with E-state index in [9.17, 15) is 9.59 Å². The van der Waals surface area contributed by atoms with Gasteiger partial charge < -0.3 is 0 Å². The summed E-state index contributed by atoms with van der Waals surface area (Å²) < 4.78 is 1.69. The summed E-state index contributed by atoms with van der Waals surface area (Å²) in [6.45, 7) is 5.58. The van der Waals surface area contributed by atoms with Crippen LogP contribution in [0.1, 0.15) is 37.7 Å². The molecule has 6 nitrogen and oxygen atoms in total. The Hall–Kier alpha value is -3.15. The number of aromatic nitrogens is 2. The number of nitrogens with one attached hydrogen (secondary N) is 2. The van der Waals surface area contributed by atoms with E-state index in [1.54, 1.807) is 23.6 Å². The number of imidazole rings is 1. The molecule has 0 aliphatic heterocycles. The van der Waals surface area contributed by atoms with Crippen LogP contribution < -0.4 is 10.9 Å². The summed E-state index contributed by atoms with van der Waals surface area (Å²) in [7, 11) is 0. The minimum absolute atomic E-state index is 0.354. The molecule has 24 heavy (non-hydrogen) atoms. The van der Waals surface area contributed by atoms with Gasteiger partial charge in [0.2, 0.25) is 0 Å². The third-order valence-electron chi connectivity index (χ3n) is 3.84. The second kappa shape index (κ2) is 6.16. The Bertz CT molecular complexity index is 943. The summed E-state index contributed by atoms with van der Waals surface area (Å²) >= 11 is 0. The zero-order valence-corrected chi connectivity index (χ0v) is 13.8. The van der Waals surface area contributed by atoms with Crippen molar-refractivity contribution in [3.05, 3.63) is 70.7 Å². The van der Waals surface area contributed by atoms with E-state index in [0.717, 1.165) is 11.1 Å². The number of hydrogen-bond acceptors (Lipinski definition) is 3. The van der Waals surface area contributed by atoms with Gasteiger partial charge in [-0.3, -0.25) is 24.8 Å². The van der Waals surface area contributed by atoms with Gasteiger partial charge in [0, 0.05) is 11.8 Å². The van der Waals surface area contributed by atoms with Gasteiger partial charge in [0.05, 0.1) is 5.69 Å². The van der Waals surface area contributed by atoms with Gasteiger partial charge in [-0.05, 0) is 44.5 Å². The topological polar surface area (TPSA) is 75.5 Å². The van der Waals surface area contributed by atoms with Crippen molar-refractivity contribution in [3.63, 3.8) is 0 Å². The van der Waals surface area contributed by atoms with E-state index in [1.165, 1.54) is 0 Å². The Morgan fingerprint density at radius 3 is 2.50 bits per heavy atom. The average Bonchev–Trinajstić information content (AvgIpc) is 2.88. The number of carbonyl (C=O) groups excluding carboxylic acids is 2. The van der Waals surface area contributed by atoms with Crippen molar-refractivity contribution in [2.45, 2.75) is 20.8 Å². The average molecular weight is 322 g/mol. The van der Waals surface area contributed by atoms with Crippen LogP contribution in [-0.2, 0) is 0 Å². The lowest BCUT2D eigenvalue weighted by Gasteiger charge is -2.10. The van der Waals surface area contributed by atoms with Gasteiger partial charge in [-0.25, -0.2) is 4.98 Å². The Morgan fingerprint density at radius 1 is 1.00 bits per heavy atom. The maximum absolute atomic E-state index is 12.4. The van der Waals surface area contributed by atoms with Crippen LogP contribution >= 0.6 is 0 Å². The molecule has 0 radical (unpaired) electrons. The molecule has 3 rings (SSSR count). The molecule has 3 aromatic rings. The second-order valence-electron chi connectivity index (χ2n) is 5.70. The van der Waals surface area contributed by atoms with E-state index in [1.807, 2.05) is 44.2 Å². The molecule has 0 atom stereocenters. The molecular weight excluding hydrogens is 304 g/mol. The summed E-state index contributed by atoms with van der Waals surface area (Å²) in [5.74, 6) is -0.767. The van der Waals surface area contributed by atoms with Crippen LogP contribution in [0.25, 0.3) is 5.65 Å². The van der Waals surface area contributed by atoms with Gasteiger partial charge in [0.25, 0.3) is 11.8 Å². The molecule has 0 fully saturated rings. The van der Waals surface area contributed by atoms with Crippen LogP contribution in [0.3, 0.4) is 0 Å². The van der Waals surface area contributed by atoms with Gasteiger partial charge in [-0.2, -0.15) is 0 Å². The van der Waals surface area contributed by atoms with Crippen LogP contribution in [-0.4, -0.2) is 21.2 Å². The SMILES string of the molecule is Cc1ccc(C(=O)NNC(=O)c2c(C)nc3ccccn23)c(C)c1. The van der Waals surface area contributed by atoms with E-state index < -0.39 is 5.91 Å². The van der Waals surface area contributed by atoms with Gasteiger partial charge in [0.15, 0.2) is 0 Å². The predicted octanol–water partition coefficient (Wildman–Crippen LogP) is 2.33. The highest BCUT2D eigenvalue weighted by atomic mass is 16.2. The first kappa shape index (κ1) is 15.7. The summed E-state index contributed by atoms with van der Waals surface area (Å²) in [6, 6.07) is 11.0. The Kier molecular flexibility index (Phi) is 4.04. The molecule has 0 aliphatic carbocycles. The van der Waals surface area contributed by atoms with E-state index in [0.29, 0.717) is 22.6 Å². The number of aryl methyl sites for hydroxylation is 3. The quantitative estimate of drug-likeness (QED) is 0.711. The van der Waals surface area contributed by atoms with Crippen molar-refractivity contribution >= 4 is 17.5 Å². The molecule has 0 saturated heterocycles. The lowest BCUT2D eigenvalue weighted by atomic mass is 10.1. The molecular formula is C18H18N4O2. The summed E-state index contributed by atoms with van der Waals surface area (Å²) in [4.78, 5) is 29.0. The number of rotatable bonds is 2. The smallest absolute Gasteiger partial charge is 0.288 e. The first-order valence-corrected chi connectivity index (χ1v) is 7.59. The highest BCUT2D eigenvalue weighted by Crippen LogP contribution is 2.12. The highest BCUT2D eigenvalue weighted by molar-refractivity contribution is 5.99. The molecule has 0 bridgehead atoms. The molecule has 6 heteroatoms. The Morgan fingerprint density at radius 2 is 1.75 bits per heavy atom. The lowest BCUT2D eigenvalue weighted by Crippen LogP contribution is -2.42. The number of fused-ring (bicyclic) bond motifs is 1. The number of nitrogens with zero attached hydrogens (tertiary/aromatic N) is 2. The number of hydrogen-bond donors (Lipinski definition) is 2. The van der Waals surface area contributed by atoms with Crippen molar-refractivity contribution < 1.29 is 9.59 Å². The van der Waals surface area contributed by atoms with Crippen LogP contribution in [0.2, 0.25) is 0 Å². The van der Waals surface area contributed by atoms with Crippen LogP contribution in [0.4, 0.5) is 0 Å². The van der Waals surface area contributed by atoms with Crippen LogP contribution in [0.5, 0.6) is 0 Å². The van der Waals surface area contributed by atoms with Crippen LogP contribution in [0, 0.1) is 20.8 Å². The number of carbonyl (C=O) groups is 2. The van der Waals surface area contributed by atoms with Crippen molar-refractivity contribution in [1.82, 2.24) is 20.2 Å². The van der Waals surface area contributed by atoms with Crippen molar-refractivity contribution in [3.8, 4) is 0 Å². The van der Waals surface area contributed by atoms with E-state index >= 15 is 0 Å². The molecule has 0 aliphatic rings. The molecule has 2 N–H and O–H groups in total. The van der Waals surface area contributed by atoms with E-state index in [2.05, 4.69) is 15.8 Å². The fourth-order valence-electron chi connectivity index (χ4n) is 2.70. The number of pyridine rings is 1. The maximum atomic E-state index is 12.4. The molecule has 0 unspecified atom stereocenters. The molecule has 2 heterocycles. The Labute approximate surface area is 139 Å². The molecule has 2 aromatic heterocycles. The van der Waals surface area contributed by atoms with Crippen molar-refractivity contribution in [2.24, 2.45) is 0 Å². The normalized spacial score (nSPS) is 10.6. The fraction of sp³-hybridized carbons (Fsp3) is 0.167. The summed E-state index contributed by atoms with van der Waals surface area (Å²) in [5, 5.41) is 0. The first-order chi connectivity index (χ1) is 11.5. The van der Waals surface area contributed by atoms with E-state index in [4.69, 9.17) is 0 Å². The van der Waals surface area contributed by atoms with Gasteiger partial charge in [-0.15, -0.1) is 0 Å². The Balaban J connectivity index is 1.77. The third-order valence-corrected chi connectivity index (χ3v) is 3.84. The monoisotopic (exact) mass is 322 g/mol. The predicted molar refractivity (Wildman–Crippen MR) is 90.8 cm³/mol. The second-order valence-corrected chi connectivity index (χ2v) is 5.70. The number of hydrazine groups is 1. The fourth-order valence-corrected chi connectivity index (χ4v) is 2.70. The molecule has 1 aromatic carbocycles. The van der Waals surface area contributed by atoms with Crippen molar-refractivity contribution in [1.29, 1.82) is 0 Å². The molecule has 2 amide bonds. The zero-order valence-electron chi connectivity index (χ0n) is 13.8. The largest absolute Gasteiger partial charge is 0.295 e. The highest BCUT2D eigenvalue weighted by Gasteiger charge is 2.17. The molecule has 0 spiro atoms.